The van der Waals surface area contributed by atoms with Gasteiger partial charge in [-0.1, -0.05) is 6.07 Å². The van der Waals surface area contributed by atoms with Gasteiger partial charge in [0.1, 0.15) is 5.82 Å². The second kappa shape index (κ2) is 4.22. The first kappa shape index (κ1) is 10.4. The number of fused-ring (bicyclic) bond motifs is 1. The lowest BCUT2D eigenvalue weighted by molar-refractivity contribution is 0.755. The summed E-state index contributed by atoms with van der Waals surface area (Å²) in [6, 6.07) is 5.91. The van der Waals surface area contributed by atoms with Crippen LogP contribution < -0.4 is 5.32 Å². The molecule has 86 valence electrons. The molecule has 0 spiro atoms. The summed E-state index contributed by atoms with van der Waals surface area (Å²) in [6.45, 7) is 3.80. The van der Waals surface area contributed by atoms with Gasteiger partial charge in [-0.15, -0.1) is 0 Å². The number of aromatic nitrogens is 3. The maximum atomic E-state index is 4.60. The van der Waals surface area contributed by atoms with Gasteiger partial charge in [-0.3, -0.25) is 4.98 Å². The van der Waals surface area contributed by atoms with Crippen molar-refractivity contribution < 1.29 is 0 Å². The SMILES string of the molecule is Cc1nc(Cc2ccccn2)nc2c1CNC2. The van der Waals surface area contributed by atoms with Crippen LogP contribution >= 0.6 is 0 Å². The number of aryl methyl sites for hydroxylation is 1. The molecule has 3 rings (SSSR count). The summed E-state index contributed by atoms with van der Waals surface area (Å²) in [4.78, 5) is 13.4. The molecule has 3 heterocycles. The number of pyridine rings is 1. The molecule has 1 aliphatic rings. The summed E-state index contributed by atoms with van der Waals surface area (Å²) in [5.74, 6) is 0.864. The first-order chi connectivity index (χ1) is 8.33. The Hall–Kier alpha value is -1.81. The average molecular weight is 226 g/mol. The summed E-state index contributed by atoms with van der Waals surface area (Å²) < 4.78 is 0. The van der Waals surface area contributed by atoms with Gasteiger partial charge in [-0.05, 0) is 19.1 Å². The molecular weight excluding hydrogens is 212 g/mol. The predicted octanol–water partition coefficient (Wildman–Crippen LogP) is 1.37. The highest BCUT2D eigenvalue weighted by molar-refractivity contribution is 5.29. The summed E-state index contributed by atoms with van der Waals surface area (Å²) in [6.07, 6.45) is 2.51. The third-order valence-corrected chi connectivity index (χ3v) is 3.01. The van der Waals surface area contributed by atoms with E-state index in [1.165, 1.54) is 5.56 Å². The molecule has 4 heteroatoms. The molecule has 0 radical (unpaired) electrons. The van der Waals surface area contributed by atoms with Gasteiger partial charge in [-0.2, -0.15) is 0 Å². The summed E-state index contributed by atoms with van der Waals surface area (Å²) in [7, 11) is 0. The molecule has 4 nitrogen and oxygen atoms in total. The van der Waals surface area contributed by atoms with Gasteiger partial charge in [0.2, 0.25) is 0 Å². The average Bonchev–Trinajstić information content (AvgIpc) is 2.79. The quantitative estimate of drug-likeness (QED) is 0.840. The normalized spacial score (nSPS) is 13.7. The lowest BCUT2D eigenvalue weighted by Crippen LogP contribution is -2.04. The first-order valence-corrected chi connectivity index (χ1v) is 5.79. The standard InChI is InChI=1S/C13H14N4/c1-9-11-7-14-8-12(11)17-13(16-9)6-10-4-2-3-5-15-10/h2-5,14H,6-8H2,1H3. The van der Waals surface area contributed by atoms with Crippen molar-refractivity contribution in [1.82, 2.24) is 20.3 Å². The Labute approximate surface area is 100 Å². The molecule has 17 heavy (non-hydrogen) atoms. The van der Waals surface area contributed by atoms with Crippen LogP contribution in [-0.2, 0) is 19.5 Å². The highest BCUT2D eigenvalue weighted by Gasteiger charge is 2.16. The zero-order chi connectivity index (χ0) is 11.7. The van der Waals surface area contributed by atoms with Gasteiger partial charge in [0.05, 0.1) is 12.1 Å². The molecule has 0 fully saturated rings. The minimum absolute atomic E-state index is 0.703. The van der Waals surface area contributed by atoms with Gasteiger partial charge in [-0.25, -0.2) is 9.97 Å². The van der Waals surface area contributed by atoms with Crippen molar-refractivity contribution in [2.75, 3.05) is 0 Å². The van der Waals surface area contributed by atoms with Crippen LogP contribution in [0.4, 0.5) is 0 Å². The van der Waals surface area contributed by atoms with E-state index in [9.17, 15) is 0 Å². The van der Waals surface area contributed by atoms with Crippen LogP contribution in [0, 0.1) is 6.92 Å². The van der Waals surface area contributed by atoms with Gasteiger partial charge in [0, 0.05) is 36.2 Å². The number of hydrogen-bond donors (Lipinski definition) is 1. The molecular formula is C13H14N4. The molecule has 0 unspecified atom stereocenters. The van der Waals surface area contributed by atoms with Crippen molar-refractivity contribution in [2.24, 2.45) is 0 Å². The number of hydrogen-bond acceptors (Lipinski definition) is 4. The van der Waals surface area contributed by atoms with Crippen LogP contribution in [0.5, 0.6) is 0 Å². The fraction of sp³-hybridized carbons (Fsp3) is 0.308. The van der Waals surface area contributed by atoms with Gasteiger partial charge in [0.25, 0.3) is 0 Å². The Bertz CT molecular complexity index is 537. The molecule has 0 bridgehead atoms. The molecule has 0 saturated carbocycles. The van der Waals surface area contributed by atoms with E-state index in [1.807, 2.05) is 18.2 Å². The monoisotopic (exact) mass is 226 g/mol. The summed E-state index contributed by atoms with van der Waals surface area (Å²) >= 11 is 0. The van der Waals surface area contributed by atoms with Crippen LogP contribution in [-0.4, -0.2) is 15.0 Å². The largest absolute Gasteiger partial charge is 0.307 e. The Kier molecular flexibility index (Phi) is 2.57. The smallest absolute Gasteiger partial charge is 0.134 e. The van der Waals surface area contributed by atoms with Crippen LogP contribution in [0.2, 0.25) is 0 Å². The first-order valence-electron chi connectivity index (χ1n) is 5.79. The summed E-state index contributed by atoms with van der Waals surface area (Å²) in [5, 5.41) is 3.30. The molecule has 0 saturated heterocycles. The molecule has 0 aromatic carbocycles. The fourth-order valence-electron chi connectivity index (χ4n) is 2.14. The topological polar surface area (TPSA) is 50.7 Å². The van der Waals surface area contributed by atoms with Crippen LogP contribution in [0.15, 0.2) is 24.4 Å². The Morgan fingerprint density at radius 2 is 2.18 bits per heavy atom. The maximum absolute atomic E-state index is 4.60. The van der Waals surface area contributed by atoms with E-state index in [-0.39, 0.29) is 0 Å². The maximum Gasteiger partial charge on any atom is 0.134 e. The molecule has 2 aromatic heterocycles. The molecule has 0 aliphatic carbocycles. The molecule has 1 aliphatic heterocycles. The Balaban J connectivity index is 1.92. The third-order valence-electron chi connectivity index (χ3n) is 3.01. The molecule has 0 amide bonds. The third kappa shape index (κ3) is 2.03. The second-order valence-electron chi connectivity index (χ2n) is 4.25. The van der Waals surface area contributed by atoms with Crippen LogP contribution in [0.1, 0.15) is 28.5 Å². The second-order valence-corrected chi connectivity index (χ2v) is 4.25. The van der Waals surface area contributed by atoms with Gasteiger partial charge < -0.3 is 5.32 Å². The predicted molar refractivity (Wildman–Crippen MR) is 64.4 cm³/mol. The molecule has 1 N–H and O–H groups in total. The molecule has 0 atom stereocenters. The van der Waals surface area contributed by atoms with E-state index in [4.69, 9.17) is 0 Å². The zero-order valence-corrected chi connectivity index (χ0v) is 9.77. The van der Waals surface area contributed by atoms with E-state index in [0.29, 0.717) is 6.42 Å². The van der Waals surface area contributed by atoms with E-state index >= 15 is 0 Å². The lowest BCUT2D eigenvalue weighted by Gasteiger charge is -2.05. The van der Waals surface area contributed by atoms with Crippen molar-refractivity contribution in [3.63, 3.8) is 0 Å². The zero-order valence-electron chi connectivity index (χ0n) is 9.77. The van der Waals surface area contributed by atoms with Crippen LogP contribution in [0.25, 0.3) is 0 Å². The Morgan fingerprint density at radius 3 is 3.00 bits per heavy atom. The van der Waals surface area contributed by atoms with Gasteiger partial charge in [0.15, 0.2) is 0 Å². The van der Waals surface area contributed by atoms with Crippen molar-refractivity contribution in [3.8, 4) is 0 Å². The van der Waals surface area contributed by atoms with Crippen molar-refractivity contribution in [2.45, 2.75) is 26.4 Å². The number of nitrogens with one attached hydrogen (secondary N) is 1. The van der Waals surface area contributed by atoms with Crippen molar-refractivity contribution in [1.29, 1.82) is 0 Å². The van der Waals surface area contributed by atoms with Crippen LogP contribution in [0.3, 0.4) is 0 Å². The van der Waals surface area contributed by atoms with E-state index in [1.54, 1.807) is 6.20 Å². The van der Waals surface area contributed by atoms with E-state index in [2.05, 4.69) is 27.2 Å². The fourth-order valence-corrected chi connectivity index (χ4v) is 2.14. The highest BCUT2D eigenvalue weighted by atomic mass is 15.0. The van der Waals surface area contributed by atoms with Crippen molar-refractivity contribution in [3.05, 3.63) is 52.9 Å². The number of rotatable bonds is 2. The van der Waals surface area contributed by atoms with Gasteiger partial charge >= 0.3 is 0 Å². The molecule has 2 aromatic rings. The van der Waals surface area contributed by atoms with Crippen molar-refractivity contribution >= 4 is 0 Å². The van der Waals surface area contributed by atoms with E-state index in [0.717, 1.165) is 36.0 Å². The minimum Gasteiger partial charge on any atom is -0.307 e. The summed E-state index contributed by atoms with van der Waals surface area (Å²) in [5.41, 5.74) is 4.50. The highest BCUT2D eigenvalue weighted by Crippen LogP contribution is 2.16. The Morgan fingerprint density at radius 1 is 1.24 bits per heavy atom. The minimum atomic E-state index is 0.703. The lowest BCUT2D eigenvalue weighted by atomic mass is 10.2. The number of nitrogens with zero attached hydrogens (tertiary/aromatic N) is 3. The van der Waals surface area contributed by atoms with E-state index < -0.39 is 0 Å².